The van der Waals surface area contributed by atoms with Crippen LogP contribution in [0.1, 0.15) is 50.4 Å². The molecule has 12 nitrogen and oxygen atoms in total. The van der Waals surface area contributed by atoms with Gasteiger partial charge in [-0.05, 0) is 52.8 Å². The SMILES string of the molecule is [C-]#[N+]C[C@H]1CN(c2nc(OC[C@@H]3CCCN3C)nc3c2CN(C(=O)OC(C)(C)C)C3)CCN1C(=O)OCc1ccccc1. The number of ether oxygens (including phenoxy) is 3. The lowest BCUT2D eigenvalue weighted by molar-refractivity contribution is 0.0240. The molecule has 43 heavy (non-hydrogen) atoms. The molecule has 2 amide bonds. The van der Waals surface area contributed by atoms with Crippen LogP contribution >= 0.6 is 0 Å². The zero-order valence-corrected chi connectivity index (χ0v) is 25.5. The fraction of sp³-hybridized carbons (Fsp3) is 0.581. The number of hydrogen-bond acceptors (Lipinski definition) is 9. The number of piperazine rings is 1. The van der Waals surface area contributed by atoms with Crippen molar-refractivity contribution in [3.05, 3.63) is 58.6 Å². The van der Waals surface area contributed by atoms with Crippen molar-refractivity contribution in [2.45, 2.75) is 71.0 Å². The van der Waals surface area contributed by atoms with E-state index in [4.69, 9.17) is 30.8 Å². The van der Waals surface area contributed by atoms with Crippen molar-refractivity contribution in [3.63, 3.8) is 0 Å². The monoisotopic (exact) mass is 591 g/mol. The van der Waals surface area contributed by atoms with Crippen molar-refractivity contribution >= 4 is 18.0 Å². The largest absolute Gasteiger partial charge is 0.462 e. The quantitative estimate of drug-likeness (QED) is 0.443. The van der Waals surface area contributed by atoms with Crippen LogP contribution in [-0.4, -0.2) is 101 Å². The fourth-order valence-electron chi connectivity index (χ4n) is 5.71. The predicted molar refractivity (Wildman–Crippen MR) is 159 cm³/mol. The van der Waals surface area contributed by atoms with Crippen LogP contribution in [0.2, 0.25) is 0 Å². The summed E-state index contributed by atoms with van der Waals surface area (Å²) in [5.74, 6) is 0.665. The van der Waals surface area contributed by atoms with Crippen molar-refractivity contribution in [1.29, 1.82) is 0 Å². The number of benzene rings is 1. The number of amides is 2. The molecule has 0 saturated carbocycles. The Hall–Kier alpha value is -4.11. The maximum atomic E-state index is 13.1. The average Bonchev–Trinajstić information content (AvgIpc) is 3.60. The third-order valence-corrected chi connectivity index (χ3v) is 7.99. The second kappa shape index (κ2) is 13.0. The van der Waals surface area contributed by atoms with Crippen molar-refractivity contribution in [2.75, 3.05) is 51.3 Å². The molecule has 1 aromatic carbocycles. The normalized spacial score (nSPS) is 20.5. The number of carbonyl (C=O) groups excluding carboxylic acids is 2. The third kappa shape index (κ3) is 7.46. The van der Waals surface area contributed by atoms with Crippen LogP contribution in [0.4, 0.5) is 15.4 Å². The molecular weight excluding hydrogens is 550 g/mol. The number of likely N-dealkylation sites (tertiary alicyclic amines) is 1. The highest BCUT2D eigenvalue weighted by Gasteiger charge is 2.38. The minimum atomic E-state index is -0.625. The van der Waals surface area contributed by atoms with Crippen molar-refractivity contribution in [1.82, 2.24) is 24.7 Å². The summed E-state index contributed by atoms with van der Waals surface area (Å²) in [6.07, 6.45) is 1.34. The van der Waals surface area contributed by atoms with E-state index >= 15 is 0 Å². The van der Waals surface area contributed by atoms with E-state index in [1.165, 1.54) is 0 Å². The first-order chi connectivity index (χ1) is 20.6. The van der Waals surface area contributed by atoms with Crippen LogP contribution in [0.5, 0.6) is 6.01 Å². The summed E-state index contributed by atoms with van der Waals surface area (Å²) in [6.45, 7) is 16.7. The van der Waals surface area contributed by atoms with Gasteiger partial charge in [-0.25, -0.2) is 16.2 Å². The van der Waals surface area contributed by atoms with E-state index in [0.29, 0.717) is 44.6 Å². The number of nitrogens with zero attached hydrogens (tertiary/aromatic N) is 7. The standard InChI is InChI=1S/C31H41N7O5/c1-31(2,3)43-29(39)37-18-25-26(19-37)33-28(41-21-23-12-9-13-35(23)5)34-27(25)36-14-15-38(24(17-36)16-32-4)30(40)42-20-22-10-7-6-8-11-22/h6-8,10-11,23-24H,9,12-21H2,1-3,5H3/t23-,24-/m0/s1. The summed E-state index contributed by atoms with van der Waals surface area (Å²) in [5, 5.41) is 0. The highest BCUT2D eigenvalue weighted by molar-refractivity contribution is 5.71. The van der Waals surface area contributed by atoms with Gasteiger partial charge in [-0.1, -0.05) is 30.3 Å². The van der Waals surface area contributed by atoms with E-state index in [-0.39, 0.29) is 31.7 Å². The highest BCUT2D eigenvalue weighted by Crippen LogP contribution is 2.33. The molecule has 0 aliphatic carbocycles. The Morgan fingerprint density at radius 2 is 1.84 bits per heavy atom. The molecule has 2 fully saturated rings. The molecule has 3 aliphatic heterocycles. The minimum absolute atomic E-state index is 0.131. The summed E-state index contributed by atoms with van der Waals surface area (Å²) in [4.78, 5) is 46.9. The van der Waals surface area contributed by atoms with E-state index in [2.05, 4.69) is 21.7 Å². The molecule has 5 rings (SSSR count). The summed E-state index contributed by atoms with van der Waals surface area (Å²) in [7, 11) is 2.09. The van der Waals surface area contributed by atoms with E-state index in [1.54, 1.807) is 9.80 Å². The Morgan fingerprint density at radius 1 is 1.05 bits per heavy atom. The Labute approximate surface area is 253 Å². The van der Waals surface area contributed by atoms with Crippen LogP contribution in [-0.2, 0) is 29.2 Å². The molecule has 2 aromatic rings. The molecule has 1 aromatic heterocycles. The van der Waals surface area contributed by atoms with Crippen LogP contribution in [0.25, 0.3) is 4.85 Å². The van der Waals surface area contributed by atoms with E-state index in [9.17, 15) is 9.59 Å². The van der Waals surface area contributed by atoms with Gasteiger partial charge in [-0.2, -0.15) is 9.97 Å². The Morgan fingerprint density at radius 3 is 2.53 bits per heavy atom. The Bertz CT molecular complexity index is 1340. The molecular formula is C31H41N7O5. The molecule has 3 aliphatic rings. The number of fused-ring (bicyclic) bond motifs is 1. The molecule has 2 saturated heterocycles. The van der Waals surface area contributed by atoms with Crippen molar-refractivity contribution in [3.8, 4) is 6.01 Å². The number of aromatic nitrogens is 2. The van der Waals surface area contributed by atoms with E-state index in [1.807, 2.05) is 51.1 Å². The highest BCUT2D eigenvalue weighted by atomic mass is 16.6. The molecule has 0 unspecified atom stereocenters. The van der Waals surface area contributed by atoms with Gasteiger partial charge in [0.05, 0.1) is 18.8 Å². The van der Waals surface area contributed by atoms with Crippen LogP contribution in [0, 0.1) is 6.57 Å². The van der Waals surface area contributed by atoms with Gasteiger partial charge in [0.15, 0.2) is 0 Å². The van der Waals surface area contributed by atoms with Crippen LogP contribution in [0.15, 0.2) is 30.3 Å². The van der Waals surface area contributed by atoms with Gasteiger partial charge in [-0.15, -0.1) is 0 Å². The topological polar surface area (TPSA) is 105 Å². The van der Waals surface area contributed by atoms with Crippen LogP contribution in [0.3, 0.4) is 0 Å². The first-order valence-corrected chi connectivity index (χ1v) is 14.9. The minimum Gasteiger partial charge on any atom is -0.462 e. The fourth-order valence-corrected chi connectivity index (χ4v) is 5.71. The second-order valence-corrected chi connectivity index (χ2v) is 12.4. The van der Waals surface area contributed by atoms with Gasteiger partial charge >= 0.3 is 18.2 Å². The van der Waals surface area contributed by atoms with Crippen LogP contribution < -0.4 is 9.64 Å². The molecule has 2 atom stereocenters. The maximum Gasteiger partial charge on any atom is 0.410 e. The number of carbonyl (C=O) groups is 2. The summed E-state index contributed by atoms with van der Waals surface area (Å²) in [6, 6.07) is 9.70. The molecule has 230 valence electrons. The lowest BCUT2D eigenvalue weighted by Crippen LogP contribution is -2.56. The predicted octanol–water partition coefficient (Wildman–Crippen LogP) is 3.95. The molecule has 0 bridgehead atoms. The summed E-state index contributed by atoms with van der Waals surface area (Å²) in [5.41, 5.74) is 1.83. The molecule has 0 N–H and O–H groups in total. The van der Waals surface area contributed by atoms with Crippen molar-refractivity contribution < 1.29 is 23.8 Å². The lowest BCUT2D eigenvalue weighted by atomic mass is 10.1. The maximum absolute atomic E-state index is 13.1. The van der Waals surface area contributed by atoms with Gasteiger partial charge in [0.2, 0.25) is 6.54 Å². The second-order valence-electron chi connectivity index (χ2n) is 12.4. The Kier molecular flexibility index (Phi) is 9.20. The number of rotatable bonds is 7. The molecule has 12 heteroatoms. The Balaban J connectivity index is 1.35. The smallest absolute Gasteiger partial charge is 0.410 e. The zero-order chi connectivity index (χ0) is 30.6. The van der Waals surface area contributed by atoms with Gasteiger partial charge in [0.1, 0.15) is 30.7 Å². The lowest BCUT2D eigenvalue weighted by Gasteiger charge is -2.39. The summed E-state index contributed by atoms with van der Waals surface area (Å²) >= 11 is 0. The van der Waals surface area contributed by atoms with E-state index in [0.717, 1.165) is 36.2 Å². The first kappa shape index (κ1) is 30.4. The first-order valence-electron chi connectivity index (χ1n) is 14.9. The zero-order valence-electron chi connectivity index (χ0n) is 25.5. The number of likely N-dealkylation sites (N-methyl/N-ethyl adjacent to an activating group) is 1. The van der Waals surface area contributed by atoms with Crippen molar-refractivity contribution in [2.24, 2.45) is 0 Å². The van der Waals surface area contributed by atoms with Gasteiger partial charge in [0, 0.05) is 31.2 Å². The molecule has 4 heterocycles. The van der Waals surface area contributed by atoms with Gasteiger partial charge in [0.25, 0.3) is 0 Å². The van der Waals surface area contributed by atoms with Gasteiger partial charge in [-0.3, -0.25) is 9.80 Å². The molecule has 0 spiro atoms. The van der Waals surface area contributed by atoms with E-state index < -0.39 is 17.8 Å². The average molecular weight is 592 g/mol. The summed E-state index contributed by atoms with van der Waals surface area (Å²) < 4.78 is 17.4. The molecule has 0 radical (unpaired) electrons. The number of anilines is 1. The number of hydrogen-bond donors (Lipinski definition) is 0. The third-order valence-electron chi connectivity index (χ3n) is 7.99. The van der Waals surface area contributed by atoms with Gasteiger partial charge < -0.3 is 28.9 Å².